The molecule has 0 radical (unpaired) electrons. The highest BCUT2D eigenvalue weighted by atomic mass is 19.1. The molecule has 18 heavy (non-hydrogen) atoms. The summed E-state index contributed by atoms with van der Waals surface area (Å²) in [5.74, 6) is -0.568. The van der Waals surface area contributed by atoms with Crippen LogP contribution in [-0.4, -0.2) is 10.8 Å². The van der Waals surface area contributed by atoms with Crippen LogP contribution in [0.1, 0.15) is 27.0 Å². The Labute approximate surface area is 104 Å². The van der Waals surface area contributed by atoms with Gasteiger partial charge < -0.3 is 5.73 Å². The maximum atomic E-state index is 13.3. The number of hydrogen-bond acceptors (Lipinski definition) is 3. The lowest BCUT2D eigenvalue weighted by atomic mass is 9.99. The first-order valence-corrected chi connectivity index (χ1v) is 5.52. The van der Waals surface area contributed by atoms with Crippen LogP contribution in [0.25, 0.3) is 0 Å². The zero-order valence-corrected chi connectivity index (χ0v) is 10.2. The average molecular weight is 244 g/mol. The number of nitrogen functional groups attached to an aromatic ring is 1. The number of hydrogen-bond donors (Lipinski definition) is 1. The van der Waals surface area contributed by atoms with Crippen LogP contribution in [0.5, 0.6) is 0 Å². The van der Waals surface area contributed by atoms with Gasteiger partial charge in [0.15, 0.2) is 5.78 Å². The fourth-order valence-corrected chi connectivity index (χ4v) is 1.89. The lowest BCUT2D eigenvalue weighted by Gasteiger charge is -2.08. The van der Waals surface area contributed by atoms with E-state index in [-0.39, 0.29) is 17.2 Å². The van der Waals surface area contributed by atoms with Crippen LogP contribution < -0.4 is 5.73 Å². The van der Waals surface area contributed by atoms with Crippen LogP contribution in [0.15, 0.2) is 30.5 Å². The Balaban J connectivity index is 2.55. The lowest BCUT2D eigenvalue weighted by Crippen LogP contribution is -2.09. The molecule has 0 atom stereocenters. The van der Waals surface area contributed by atoms with Gasteiger partial charge in [-0.05, 0) is 49.2 Å². The quantitative estimate of drug-likeness (QED) is 0.826. The number of nitrogens with two attached hydrogens (primary N) is 1. The van der Waals surface area contributed by atoms with Crippen molar-refractivity contribution in [3.63, 3.8) is 0 Å². The van der Waals surface area contributed by atoms with Gasteiger partial charge >= 0.3 is 0 Å². The smallest absolute Gasteiger partial charge is 0.197 e. The van der Waals surface area contributed by atoms with Crippen molar-refractivity contribution in [2.45, 2.75) is 13.8 Å². The Morgan fingerprint density at radius 1 is 1.28 bits per heavy atom. The van der Waals surface area contributed by atoms with Crippen molar-refractivity contribution in [3.8, 4) is 0 Å². The Bertz CT molecular complexity index is 583. The number of benzene rings is 1. The van der Waals surface area contributed by atoms with E-state index in [1.54, 1.807) is 26.0 Å². The predicted molar refractivity (Wildman–Crippen MR) is 68.0 cm³/mol. The van der Waals surface area contributed by atoms with Crippen LogP contribution in [0.3, 0.4) is 0 Å². The number of carbonyl (C=O) groups excluding carboxylic acids is 1. The highest BCUT2D eigenvalue weighted by Gasteiger charge is 2.16. The fourth-order valence-electron chi connectivity index (χ4n) is 1.89. The summed E-state index contributed by atoms with van der Waals surface area (Å²) in [6.07, 6.45) is 1.54. The van der Waals surface area contributed by atoms with Crippen molar-refractivity contribution in [1.29, 1.82) is 0 Å². The van der Waals surface area contributed by atoms with Gasteiger partial charge in [-0.15, -0.1) is 0 Å². The number of carbonyl (C=O) groups is 1. The molecule has 0 fully saturated rings. The molecule has 2 N–H and O–H groups in total. The zero-order valence-electron chi connectivity index (χ0n) is 10.2. The van der Waals surface area contributed by atoms with Crippen molar-refractivity contribution in [1.82, 2.24) is 4.98 Å². The molecule has 92 valence electrons. The third-order valence-electron chi connectivity index (χ3n) is 2.72. The first-order valence-electron chi connectivity index (χ1n) is 5.52. The van der Waals surface area contributed by atoms with E-state index in [0.29, 0.717) is 11.1 Å². The molecule has 2 aromatic rings. The maximum absolute atomic E-state index is 13.3. The molecule has 1 heterocycles. The summed E-state index contributed by atoms with van der Waals surface area (Å²) >= 11 is 0. The molecule has 3 nitrogen and oxygen atoms in total. The molecule has 0 bridgehead atoms. The summed E-state index contributed by atoms with van der Waals surface area (Å²) in [5.41, 5.74) is 7.76. The molecular weight excluding hydrogens is 231 g/mol. The molecule has 0 aliphatic heterocycles. The van der Waals surface area contributed by atoms with E-state index in [0.717, 1.165) is 5.56 Å². The molecule has 0 spiro atoms. The van der Waals surface area contributed by atoms with E-state index in [4.69, 9.17) is 5.73 Å². The summed E-state index contributed by atoms with van der Waals surface area (Å²) in [7, 11) is 0. The number of aromatic nitrogens is 1. The molecule has 1 aromatic heterocycles. The van der Waals surface area contributed by atoms with Crippen LogP contribution in [0.2, 0.25) is 0 Å². The van der Waals surface area contributed by atoms with Crippen LogP contribution in [0, 0.1) is 19.7 Å². The molecule has 0 saturated carbocycles. The Hall–Kier alpha value is -2.23. The van der Waals surface area contributed by atoms with Gasteiger partial charge in [0.1, 0.15) is 11.6 Å². The number of halogens is 1. The van der Waals surface area contributed by atoms with Crippen molar-refractivity contribution in [2.24, 2.45) is 0 Å². The molecule has 1 aromatic carbocycles. The molecule has 0 unspecified atom stereocenters. The number of anilines is 1. The third kappa shape index (κ3) is 2.22. The van der Waals surface area contributed by atoms with E-state index in [2.05, 4.69) is 4.98 Å². The lowest BCUT2D eigenvalue weighted by molar-refractivity contribution is 0.103. The van der Waals surface area contributed by atoms with E-state index in [9.17, 15) is 9.18 Å². The monoisotopic (exact) mass is 244 g/mol. The van der Waals surface area contributed by atoms with Gasteiger partial charge in [-0.3, -0.25) is 4.79 Å². The van der Waals surface area contributed by atoms with Crippen molar-refractivity contribution >= 4 is 11.6 Å². The number of pyridine rings is 1. The number of ketones is 1. The second-order valence-corrected chi connectivity index (χ2v) is 4.23. The highest BCUT2D eigenvalue weighted by molar-refractivity contribution is 6.12. The second kappa shape index (κ2) is 4.56. The number of aryl methyl sites for hydroxylation is 2. The minimum Gasteiger partial charge on any atom is -0.383 e. The Morgan fingerprint density at radius 2 is 2.00 bits per heavy atom. The minimum atomic E-state index is -0.432. The van der Waals surface area contributed by atoms with E-state index < -0.39 is 5.82 Å². The third-order valence-corrected chi connectivity index (χ3v) is 2.72. The summed E-state index contributed by atoms with van der Waals surface area (Å²) in [4.78, 5) is 16.2. The standard InChI is InChI=1S/C14H13FN2O/c1-8-5-10(7-11(15)6-8)13(18)12-9(2)3-4-17-14(12)16/h3-7H,1-2H3,(H2,16,17). The molecule has 2 rings (SSSR count). The zero-order chi connectivity index (χ0) is 13.3. The largest absolute Gasteiger partial charge is 0.383 e. The maximum Gasteiger partial charge on any atom is 0.197 e. The molecule has 0 aliphatic rings. The SMILES string of the molecule is Cc1cc(F)cc(C(=O)c2c(C)ccnc2N)c1. The Kier molecular flexibility index (Phi) is 3.10. The van der Waals surface area contributed by atoms with Gasteiger partial charge in [0.2, 0.25) is 0 Å². The van der Waals surface area contributed by atoms with Crippen LogP contribution in [0.4, 0.5) is 10.2 Å². The number of nitrogens with zero attached hydrogens (tertiary/aromatic N) is 1. The topological polar surface area (TPSA) is 56.0 Å². The highest BCUT2D eigenvalue weighted by Crippen LogP contribution is 2.19. The van der Waals surface area contributed by atoms with Crippen LogP contribution in [-0.2, 0) is 0 Å². The predicted octanol–water partition coefficient (Wildman–Crippen LogP) is 2.65. The van der Waals surface area contributed by atoms with Gasteiger partial charge in [0.05, 0.1) is 5.56 Å². The molecule has 0 aliphatic carbocycles. The average Bonchev–Trinajstić information content (AvgIpc) is 2.27. The van der Waals surface area contributed by atoms with Crippen molar-refractivity contribution < 1.29 is 9.18 Å². The van der Waals surface area contributed by atoms with E-state index in [1.807, 2.05) is 0 Å². The van der Waals surface area contributed by atoms with Crippen molar-refractivity contribution in [3.05, 3.63) is 58.5 Å². The second-order valence-electron chi connectivity index (χ2n) is 4.23. The molecule has 0 amide bonds. The summed E-state index contributed by atoms with van der Waals surface area (Å²) in [6, 6.07) is 5.92. The summed E-state index contributed by atoms with van der Waals surface area (Å²) < 4.78 is 13.3. The Morgan fingerprint density at radius 3 is 2.61 bits per heavy atom. The number of rotatable bonds is 2. The molecular formula is C14H13FN2O. The first kappa shape index (κ1) is 12.2. The van der Waals surface area contributed by atoms with Gasteiger partial charge in [0, 0.05) is 11.8 Å². The van der Waals surface area contributed by atoms with Gasteiger partial charge in [-0.25, -0.2) is 9.37 Å². The van der Waals surface area contributed by atoms with Gasteiger partial charge in [-0.1, -0.05) is 0 Å². The first-order chi connectivity index (χ1) is 8.49. The molecule has 0 saturated heterocycles. The summed E-state index contributed by atoms with van der Waals surface area (Å²) in [5, 5.41) is 0. The van der Waals surface area contributed by atoms with Gasteiger partial charge in [-0.2, -0.15) is 0 Å². The normalized spacial score (nSPS) is 10.4. The molecule has 4 heteroatoms. The van der Waals surface area contributed by atoms with E-state index >= 15 is 0 Å². The van der Waals surface area contributed by atoms with Crippen LogP contribution >= 0.6 is 0 Å². The van der Waals surface area contributed by atoms with Gasteiger partial charge in [0.25, 0.3) is 0 Å². The fraction of sp³-hybridized carbons (Fsp3) is 0.143. The summed E-state index contributed by atoms with van der Waals surface area (Å²) in [6.45, 7) is 3.51. The minimum absolute atomic E-state index is 0.168. The van der Waals surface area contributed by atoms with E-state index in [1.165, 1.54) is 18.3 Å². The van der Waals surface area contributed by atoms with Crippen molar-refractivity contribution in [2.75, 3.05) is 5.73 Å².